The van der Waals surface area contributed by atoms with Crippen molar-refractivity contribution in [2.24, 2.45) is 0 Å². The summed E-state index contributed by atoms with van der Waals surface area (Å²) < 4.78 is 0. The van der Waals surface area contributed by atoms with Gasteiger partial charge in [0.15, 0.2) is 0 Å². The smallest absolute Gasteiger partial charge is 0.304 e. The van der Waals surface area contributed by atoms with Crippen molar-refractivity contribution < 1.29 is 9.90 Å². The normalized spacial score (nSPS) is 14.3. The zero-order valence-electron chi connectivity index (χ0n) is 11.5. The fourth-order valence-corrected chi connectivity index (χ4v) is 4.68. The Morgan fingerprint density at radius 3 is 3.00 bits per heavy atom. The first-order chi connectivity index (χ1) is 10.1. The number of thiophene rings is 1. The molecule has 0 atom stereocenters. The highest BCUT2D eigenvalue weighted by molar-refractivity contribution is 7.98. The Morgan fingerprint density at radius 1 is 1.38 bits per heavy atom. The SMILES string of the molecule is O=C(O)CCSCc1nc2sc3c(c2c(=O)[nH]1)CCCC3. The first-order valence-electron chi connectivity index (χ1n) is 6.98. The van der Waals surface area contributed by atoms with Gasteiger partial charge in [-0.25, -0.2) is 4.98 Å². The number of carbonyl (C=O) groups is 1. The highest BCUT2D eigenvalue weighted by atomic mass is 32.2. The van der Waals surface area contributed by atoms with Crippen molar-refractivity contribution in [1.29, 1.82) is 0 Å². The number of H-pyrrole nitrogens is 1. The van der Waals surface area contributed by atoms with Crippen LogP contribution in [0.4, 0.5) is 0 Å². The molecular weight excluding hydrogens is 308 g/mol. The van der Waals surface area contributed by atoms with Crippen LogP contribution < -0.4 is 5.56 Å². The Bertz CT molecular complexity index is 736. The van der Waals surface area contributed by atoms with Crippen LogP contribution >= 0.6 is 23.1 Å². The van der Waals surface area contributed by atoms with E-state index in [0.717, 1.165) is 29.5 Å². The number of aryl methyl sites for hydroxylation is 2. The van der Waals surface area contributed by atoms with Gasteiger partial charge in [-0.2, -0.15) is 11.8 Å². The maximum atomic E-state index is 12.3. The van der Waals surface area contributed by atoms with Crippen molar-refractivity contribution in [2.75, 3.05) is 5.75 Å². The average Bonchev–Trinajstić information content (AvgIpc) is 2.82. The highest BCUT2D eigenvalue weighted by Crippen LogP contribution is 2.33. The molecule has 2 N–H and O–H groups in total. The number of hydrogen-bond donors (Lipinski definition) is 2. The molecule has 0 spiro atoms. The second kappa shape index (κ2) is 6.19. The molecule has 0 aromatic carbocycles. The number of fused-ring (bicyclic) bond motifs is 3. The summed E-state index contributed by atoms with van der Waals surface area (Å²) in [6.45, 7) is 0. The van der Waals surface area contributed by atoms with Crippen molar-refractivity contribution in [2.45, 2.75) is 37.9 Å². The molecule has 5 nitrogen and oxygen atoms in total. The number of carboxylic acids is 1. The van der Waals surface area contributed by atoms with Crippen LogP contribution in [0.15, 0.2) is 4.79 Å². The largest absolute Gasteiger partial charge is 0.481 e. The molecule has 112 valence electrons. The number of nitrogens with zero attached hydrogens (tertiary/aromatic N) is 1. The second-order valence-corrected chi connectivity index (χ2v) is 7.29. The van der Waals surface area contributed by atoms with Crippen molar-refractivity contribution in [3.05, 3.63) is 26.6 Å². The van der Waals surface area contributed by atoms with Crippen molar-refractivity contribution in [3.8, 4) is 0 Å². The lowest BCUT2D eigenvalue weighted by atomic mass is 9.97. The minimum Gasteiger partial charge on any atom is -0.481 e. The van der Waals surface area contributed by atoms with Gasteiger partial charge in [0.25, 0.3) is 5.56 Å². The van der Waals surface area contributed by atoms with E-state index in [9.17, 15) is 9.59 Å². The summed E-state index contributed by atoms with van der Waals surface area (Å²) in [6.07, 6.45) is 4.50. The molecule has 0 radical (unpaired) electrons. The summed E-state index contributed by atoms with van der Waals surface area (Å²) in [5, 5.41) is 9.38. The maximum Gasteiger partial charge on any atom is 0.304 e. The Balaban J connectivity index is 1.82. The van der Waals surface area contributed by atoms with Crippen LogP contribution in [0.2, 0.25) is 0 Å². The van der Waals surface area contributed by atoms with Crippen molar-refractivity contribution in [3.63, 3.8) is 0 Å². The zero-order valence-corrected chi connectivity index (χ0v) is 13.1. The van der Waals surface area contributed by atoms with Gasteiger partial charge in [0.05, 0.1) is 17.6 Å². The lowest BCUT2D eigenvalue weighted by molar-refractivity contribution is -0.136. The summed E-state index contributed by atoms with van der Waals surface area (Å²) in [7, 11) is 0. The predicted octanol–water partition coefficient (Wildman–Crippen LogP) is 2.57. The summed E-state index contributed by atoms with van der Waals surface area (Å²) in [4.78, 5) is 32.3. The molecule has 21 heavy (non-hydrogen) atoms. The summed E-state index contributed by atoms with van der Waals surface area (Å²) in [6, 6.07) is 0. The molecule has 2 aromatic rings. The molecule has 1 aliphatic rings. The summed E-state index contributed by atoms with van der Waals surface area (Å²) >= 11 is 3.12. The van der Waals surface area contributed by atoms with Gasteiger partial charge in [0.1, 0.15) is 10.7 Å². The lowest BCUT2D eigenvalue weighted by Crippen LogP contribution is -2.12. The number of aliphatic carboxylic acids is 1. The molecule has 3 rings (SSSR count). The van der Waals surface area contributed by atoms with E-state index < -0.39 is 5.97 Å². The average molecular weight is 324 g/mol. The number of aromatic nitrogens is 2. The number of thioether (sulfide) groups is 1. The standard InChI is InChI=1S/C14H16N2O3S2/c17-11(18)5-6-20-7-10-15-13(19)12-8-3-1-2-4-9(8)21-14(12)16-10/h1-7H2,(H,17,18)(H,15,16,19). The van der Waals surface area contributed by atoms with E-state index in [1.807, 2.05) is 0 Å². The van der Waals surface area contributed by atoms with Crippen LogP contribution in [0.1, 0.15) is 35.5 Å². The Morgan fingerprint density at radius 2 is 2.19 bits per heavy atom. The van der Waals surface area contributed by atoms with Gasteiger partial charge >= 0.3 is 5.97 Å². The van der Waals surface area contributed by atoms with Crippen molar-refractivity contribution in [1.82, 2.24) is 9.97 Å². The molecule has 7 heteroatoms. The molecule has 0 saturated heterocycles. The van der Waals surface area contributed by atoms with Gasteiger partial charge in [0, 0.05) is 10.6 Å². The minimum atomic E-state index is -0.801. The monoisotopic (exact) mass is 324 g/mol. The molecule has 0 aliphatic heterocycles. The predicted molar refractivity (Wildman–Crippen MR) is 85.3 cm³/mol. The van der Waals surface area contributed by atoms with E-state index in [-0.39, 0.29) is 12.0 Å². The third kappa shape index (κ3) is 3.13. The molecule has 0 amide bonds. The Hall–Kier alpha value is -1.34. The van der Waals surface area contributed by atoms with Gasteiger partial charge in [-0.3, -0.25) is 9.59 Å². The number of hydrogen-bond acceptors (Lipinski definition) is 5. The van der Waals surface area contributed by atoms with Gasteiger partial charge < -0.3 is 10.1 Å². The molecule has 0 fully saturated rings. The molecule has 0 saturated carbocycles. The third-order valence-electron chi connectivity index (χ3n) is 3.57. The van der Waals surface area contributed by atoms with Crippen LogP contribution in [0.3, 0.4) is 0 Å². The van der Waals surface area contributed by atoms with Gasteiger partial charge in [0.2, 0.25) is 0 Å². The number of aromatic amines is 1. The quantitative estimate of drug-likeness (QED) is 0.826. The van der Waals surface area contributed by atoms with E-state index in [1.54, 1.807) is 11.3 Å². The summed E-state index contributed by atoms with van der Waals surface area (Å²) in [5.41, 5.74) is 1.15. The first kappa shape index (κ1) is 14.6. The lowest BCUT2D eigenvalue weighted by Gasteiger charge is -2.09. The van der Waals surface area contributed by atoms with Gasteiger partial charge in [-0.05, 0) is 31.2 Å². The van der Waals surface area contributed by atoms with E-state index in [4.69, 9.17) is 5.11 Å². The van der Waals surface area contributed by atoms with Gasteiger partial charge in [-0.15, -0.1) is 11.3 Å². The molecule has 1 aliphatic carbocycles. The molecular formula is C14H16N2O3S2. The van der Waals surface area contributed by atoms with Crippen LogP contribution in [0.25, 0.3) is 10.2 Å². The maximum absolute atomic E-state index is 12.3. The van der Waals surface area contributed by atoms with Crippen LogP contribution in [-0.4, -0.2) is 26.8 Å². The van der Waals surface area contributed by atoms with Crippen LogP contribution in [0.5, 0.6) is 0 Å². The number of rotatable bonds is 5. The third-order valence-corrected chi connectivity index (χ3v) is 5.73. The fraction of sp³-hybridized carbons (Fsp3) is 0.500. The second-order valence-electron chi connectivity index (χ2n) is 5.10. The Kier molecular flexibility index (Phi) is 4.30. The first-order valence-corrected chi connectivity index (χ1v) is 8.95. The highest BCUT2D eigenvalue weighted by Gasteiger charge is 2.19. The number of carboxylic acid groups (broad SMARTS) is 1. The van der Waals surface area contributed by atoms with Crippen LogP contribution in [-0.2, 0) is 23.4 Å². The molecule has 0 unspecified atom stereocenters. The zero-order chi connectivity index (χ0) is 14.8. The molecule has 2 heterocycles. The van der Waals surface area contributed by atoms with E-state index >= 15 is 0 Å². The fourth-order valence-electron chi connectivity index (χ4n) is 2.61. The Labute approximate surface area is 129 Å². The molecule has 2 aromatic heterocycles. The topological polar surface area (TPSA) is 83.0 Å². The summed E-state index contributed by atoms with van der Waals surface area (Å²) in [5.74, 6) is 0.908. The van der Waals surface area contributed by atoms with E-state index in [1.165, 1.54) is 28.6 Å². The van der Waals surface area contributed by atoms with E-state index in [2.05, 4.69) is 9.97 Å². The van der Waals surface area contributed by atoms with E-state index in [0.29, 0.717) is 17.3 Å². The van der Waals surface area contributed by atoms with Crippen molar-refractivity contribution >= 4 is 39.3 Å². The van der Waals surface area contributed by atoms with Gasteiger partial charge in [-0.1, -0.05) is 0 Å². The van der Waals surface area contributed by atoms with Crippen LogP contribution in [0, 0.1) is 0 Å². The minimum absolute atomic E-state index is 0.0479. The number of nitrogens with one attached hydrogen (secondary N) is 1. The molecule has 0 bridgehead atoms.